The number of aromatic nitrogens is 2. The van der Waals surface area contributed by atoms with Crippen LogP contribution >= 0.6 is 0 Å². The average molecular weight is 342 g/mol. The molecule has 0 aliphatic carbocycles. The molecule has 1 amide bonds. The molecule has 0 saturated carbocycles. The van der Waals surface area contributed by atoms with Crippen molar-refractivity contribution < 1.29 is 17.9 Å². The summed E-state index contributed by atoms with van der Waals surface area (Å²) >= 11 is 0. The van der Waals surface area contributed by atoms with E-state index in [2.05, 4.69) is 12.0 Å². The van der Waals surface area contributed by atoms with Crippen LogP contribution in [0.2, 0.25) is 0 Å². The maximum absolute atomic E-state index is 12.6. The van der Waals surface area contributed by atoms with E-state index in [0.717, 1.165) is 12.8 Å². The molecule has 23 heavy (non-hydrogen) atoms. The fourth-order valence-corrected chi connectivity index (χ4v) is 4.25. The average Bonchev–Trinajstić information content (AvgIpc) is 2.97. The van der Waals surface area contributed by atoms with Crippen molar-refractivity contribution >= 4 is 15.9 Å². The van der Waals surface area contributed by atoms with E-state index in [0.29, 0.717) is 32.8 Å². The van der Waals surface area contributed by atoms with Gasteiger partial charge in [0.25, 0.3) is 15.9 Å². The second kappa shape index (κ2) is 6.21. The van der Waals surface area contributed by atoms with E-state index in [-0.39, 0.29) is 22.7 Å². The number of morpholine rings is 1. The first-order valence-electron chi connectivity index (χ1n) is 7.88. The number of nitrogens with zero attached hydrogens (tertiary/aromatic N) is 4. The fourth-order valence-electron chi connectivity index (χ4n) is 2.95. The Bertz CT molecular complexity index is 698. The third-order valence-electron chi connectivity index (χ3n) is 4.30. The van der Waals surface area contributed by atoms with Crippen LogP contribution in [0.25, 0.3) is 0 Å². The molecule has 0 radical (unpaired) electrons. The number of likely N-dealkylation sites (N-methyl/N-ethyl adjacent to an activating group) is 1. The van der Waals surface area contributed by atoms with Crippen molar-refractivity contribution in [1.82, 2.24) is 19.0 Å². The Morgan fingerprint density at radius 1 is 1.39 bits per heavy atom. The maximum Gasteiger partial charge on any atom is 0.274 e. The van der Waals surface area contributed by atoms with Gasteiger partial charge in [-0.15, -0.1) is 0 Å². The van der Waals surface area contributed by atoms with E-state index in [1.165, 1.54) is 22.1 Å². The molecule has 2 aliphatic rings. The van der Waals surface area contributed by atoms with E-state index in [9.17, 15) is 13.2 Å². The summed E-state index contributed by atoms with van der Waals surface area (Å²) in [5.41, 5.74) is 0.191. The lowest BCUT2D eigenvalue weighted by Crippen LogP contribution is -2.45. The second-order valence-electron chi connectivity index (χ2n) is 5.95. The largest absolute Gasteiger partial charge is 0.375 e. The highest BCUT2D eigenvalue weighted by atomic mass is 32.2. The van der Waals surface area contributed by atoms with E-state index < -0.39 is 10.0 Å². The van der Waals surface area contributed by atoms with Crippen molar-refractivity contribution in [3.8, 4) is 0 Å². The van der Waals surface area contributed by atoms with Crippen molar-refractivity contribution in [2.75, 3.05) is 33.3 Å². The molecule has 128 valence electrons. The van der Waals surface area contributed by atoms with Crippen molar-refractivity contribution in [2.45, 2.75) is 37.4 Å². The molecule has 1 unspecified atom stereocenters. The highest BCUT2D eigenvalue weighted by Crippen LogP contribution is 2.22. The van der Waals surface area contributed by atoms with Gasteiger partial charge in [-0.25, -0.2) is 8.42 Å². The highest BCUT2D eigenvalue weighted by molar-refractivity contribution is 7.89. The van der Waals surface area contributed by atoms with Crippen molar-refractivity contribution in [3.63, 3.8) is 0 Å². The topological polar surface area (TPSA) is 84.7 Å². The first-order valence-corrected chi connectivity index (χ1v) is 9.32. The molecule has 2 aliphatic heterocycles. The lowest BCUT2D eigenvalue weighted by Gasteiger charge is -2.32. The van der Waals surface area contributed by atoms with E-state index in [1.54, 1.807) is 4.90 Å². The summed E-state index contributed by atoms with van der Waals surface area (Å²) in [5.74, 6) is -0.228. The summed E-state index contributed by atoms with van der Waals surface area (Å²) < 4.78 is 32.9. The predicted octanol–water partition coefficient (Wildman–Crippen LogP) is 0.158. The van der Waals surface area contributed by atoms with Gasteiger partial charge in [-0.05, 0) is 6.42 Å². The van der Waals surface area contributed by atoms with Gasteiger partial charge in [0, 0.05) is 32.7 Å². The third kappa shape index (κ3) is 3.00. The molecule has 3 heterocycles. The van der Waals surface area contributed by atoms with Crippen molar-refractivity contribution in [3.05, 3.63) is 11.8 Å². The number of carbonyl (C=O) groups is 1. The van der Waals surface area contributed by atoms with E-state index in [1.807, 2.05) is 0 Å². The van der Waals surface area contributed by atoms with Gasteiger partial charge < -0.3 is 9.64 Å². The van der Waals surface area contributed by atoms with Crippen LogP contribution in [0.15, 0.2) is 11.1 Å². The van der Waals surface area contributed by atoms with Crippen LogP contribution in [-0.2, 0) is 21.3 Å². The number of ether oxygens (including phenoxy) is 1. The van der Waals surface area contributed by atoms with E-state index in [4.69, 9.17) is 4.74 Å². The zero-order valence-electron chi connectivity index (χ0n) is 13.4. The Morgan fingerprint density at radius 2 is 2.17 bits per heavy atom. The third-order valence-corrected chi connectivity index (χ3v) is 6.16. The molecule has 8 nitrogen and oxygen atoms in total. The summed E-state index contributed by atoms with van der Waals surface area (Å²) in [6, 6.07) is 1.39. The van der Waals surface area contributed by atoms with Gasteiger partial charge in [-0.1, -0.05) is 13.3 Å². The Hall–Kier alpha value is -1.45. The standard InChI is InChI=1S/C14H22N4O4S/c1-3-4-11-10-17(7-8-22-11)14(19)12-9-13-18(15-12)6-5-16(2)23(13,20)21/h9,11H,3-8,10H2,1-2H3. The van der Waals surface area contributed by atoms with Crippen LogP contribution in [0.1, 0.15) is 30.3 Å². The minimum Gasteiger partial charge on any atom is -0.375 e. The van der Waals surface area contributed by atoms with Gasteiger partial charge in [0.2, 0.25) is 0 Å². The van der Waals surface area contributed by atoms with Crippen LogP contribution in [0.3, 0.4) is 0 Å². The Morgan fingerprint density at radius 3 is 2.91 bits per heavy atom. The van der Waals surface area contributed by atoms with E-state index >= 15 is 0 Å². The van der Waals surface area contributed by atoms with Gasteiger partial charge in [0.15, 0.2) is 10.7 Å². The second-order valence-corrected chi connectivity index (χ2v) is 7.94. The van der Waals surface area contributed by atoms with Crippen LogP contribution in [0, 0.1) is 0 Å². The number of fused-ring (bicyclic) bond motifs is 1. The normalized spacial score (nSPS) is 24.4. The first-order chi connectivity index (χ1) is 10.9. The molecule has 0 aromatic carbocycles. The minimum absolute atomic E-state index is 0.0461. The molecule has 1 aromatic heterocycles. The molecule has 0 bridgehead atoms. The van der Waals surface area contributed by atoms with Crippen LogP contribution < -0.4 is 0 Å². The van der Waals surface area contributed by atoms with Gasteiger partial charge in [0.1, 0.15) is 0 Å². The van der Waals surface area contributed by atoms with Gasteiger partial charge in [0.05, 0.1) is 19.3 Å². The molecule has 1 atom stereocenters. The molecule has 0 spiro atoms. The SMILES string of the molecule is CCCC1CN(C(=O)c2cc3n(n2)CCN(C)S3(=O)=O)CCO1. The molecule has 1 aromatic rings. The monoisotopic (exact) mass is 342 g/mol. The lowest BCUT2D eigenvalue weighted by atomic mass is 10.1. The zero-order valence-corrected chi connectivity index (χ0v) is 14.3. The van der Waals surface area contributed by atoms with Crippen LogP contribution in [0.5, 0.6) is 0 Å². The number of hydrogen-bond acceptors (Lipinski definition) is 5. The smallest absolute Gasteiger partial charge is 0.274 e. The number of hydrogen-bond donors (Lipinski definition) is 0. The highest BCUT2D eigenvalue weighted by Gasteiger charge is 2.33. The summed E-state index contributed by atoms with van der Waals surface area (Å²) in [7, 11) is -2.01. The minimum atomic E-state index is -3.55. The number of sulfonamides is 1. The molecular weight excluding hydrogens is 320 g/mol. The quantitative estimate of drug-likeness (QED) is 0.781. The zero-order chi connectivity index (χ0) is 16.6. The summed E-state index contributed by atoms with van der Waals surface area (Å²) in [4.78, 5) is 14.3. The number of amides is 1. The molecule has 1 saturated heterocycles. The van der Waals surface area contributed by atoms with Gasteiger partial charge in [-0.2, -0.15) is 9.40 Å². The van der Waals surface area contributed by atoms with Gasteiger partial charge >= 0.3 is 0 Å². The first kappa shape index (κ1) is 16.4. The number of carbonyl (C=O) groups excluding carboxylic acids is 1. The molecule has 0 N–H and O–H groups in total. The van der Waals surface area contributed by atoms with Gasteiger partial charge in [-0.3, -0.25) is 9.48 Å². The van der Waals surface area contributed by atoms with Crippen molar-refractivity contribution in [2.24, 2.45) is 0 Å². The lowest BCUT2D eigenvalue weighted by molar-refractivity contribution is -0.0252. The maximum atomic E-state index is 12.6. The number of rotatable bonds is 3. The van der Waals surface area contributed by atoms with Crippen LogP contribution in [0.4, 0.5) is 0 Å². The summed E-state index contributed by atoms with van der Waals surface area (Å²) in [6.45, 7) is 4.44. The molecule has 3 rings (SSSR count). The molecular formula is C14H22N4O4S. The molecule has 9 heteroatoms. The van der Waals surface area contributed by atoms with Crippen molar-refractivity contribution in [1.29, 1.82) is 0 Å². The Balaban J connectivity index is 1.82. The van der Waals surface area contributed by atoms with Crippen LogP contribution in [-0.4, -0.2) is 72.7 Å². The summed E-state index contributed by atoms with van der Waals surface area (Å²) in [5, 5.41) is 4.30. The Labute approximate surface area is 136 Å². The Kier molecular flexibility index (Phi) is 4.43. The fraction of sp³-hybridized carbons (Fsp3) is 0.714. The predicted molar refractivity (Wildman–Crippen MR) is 82.6 cm³/mol. The molecule has 1 fully saturated rings. The summed E-state index contributed by atoms with van der Waals surface area (Å²) in [6.07, 6.45) is 1.95.